The number of amides is 1. The minimum absolute atomic E-state index is 0.0315. The van der Waals surface area contributed by atoms with E-state index >= 15 is 0 Å². The van der Waals surface area contributed by atoms with Crippen LogP contribution in [0.3, 0.4) is 0 Å². The molecule has 0 bridgehead atoms. The highest BCUT2D eigenvalue weighted by molar-refractivity contribution is 5.96. The number of para-hydroxylation sites is 1. The van der Waals surface area contributed by atoms with Crippen LogP contribution in [0, 0.1) is 0 Å². The number of methoxy groups -OCH3 is 1. The molecule has 2 aromatic rings. The van der Waals surface area contributed by atoms with Crippen LogP contribution in [-0.2, 0) is 4.79 Å². The predicted octanol–water partition coefficient (Wildman–Crippen LogP) is 3.55. The quantitative estimate of drug-likeness (QED) is 0.886. The molecule has 0 aliphatic heterocycles. The molecule has 116 valence electrons. The number of carbonyl (C=O) groups is 1. The molecule has 22 heavy (non-hydrogen) atoms. The van der Waals surface area contributed by atoms with Gasteiger partial charge in [0.2, 0.25) is 5.91 Å². The van der Waals surface area contributed by atoms with Gasteiger partial charge in [0.1, 0.15) is 5.75 Å². The van der Waals surface area contributed by atoms with E-state index in [-0.39, 0.29) is 18.5 Å². The van der Waals surface area contributed by atoms with Crippen LogP contribution in [-0.4, -0.2) is 25.6 Å². The van der Waals surface area contributed by atoms with Crippen LogP contribution in [0.15, 0.2) is 54.6 Å². The minimum atomic E-state index is 0.0315. The van der Waals surface area contributed by atoms with Crippen LogP contribution in [0.5, 0.6) is 5.75 Å². The van der Waals surface area contributed by atoms with E-state index in [4.69, 9.17) is 4.74 Å². The average molecular weight is 298 g/mol. The molecule has 0 spiro atoms. The van der Waals surface area contributed by atoms with Crippen molar-refractivity contribution in [3.8, 4) is 5.75 Å². The molecule has 0 aliphatic rings. The molecule has 0 aromatic heterocycles. The van der Waals surface area contributed by atoms with Gasteiger partial charge in [-0.2, -0.15) is 0 Å². The smallest absolute Gasteiger partial charge is 0.246 e. The lowest BCUT2D eigenvalue weighted by molar-refractivity contribution is -0.117. The summed E-state index contributed by atoms with van der Waals surface area (Å²) >= 11 is 0. The van der Waals surface area contributed by atoms with Crippen molar-refractivity contribution >= 4 is 17.3 Å². The first kappa shape index (κ1) is 15.9. The molecule has 1 N–H and O–H groups in total. The van der Waals surface area contributed by atoms with Crippen LogP contribution >= 0.6 is 0 Å². The molecule has 2 rings (SSSR count). The van der Waals surface area contributed by atoms with E-state index in [9.17, 15) is 4.79 Å². The van der Waals surface area contributed by atoms with E-state index in [0.29, 0.717) is 0 Å². The molecule has 0 saturated heterocycles. The highest BCUT2D eigenvalue weighted by Gasteiger charge is 2.18. The summed E-state index contributed by atoms with van der Waals surface area (Å²) in [5.74, 6) is 0.811. The highest BCUT2D eigenvalue weighted by Crippen LogP contribution is 2.21. The molecule has 0 aliphatic carbocycles. The lowest BCUT2D eigenvalue weighted by Gasteiger charge is -2.27. The standard InChI is InChI=1S/C18H22N2O2/c1-14(2)20(16-9-11-17(22-3)12-10-16)18(21)13-19-15-7-5-4-6-8-15/h4-12,14,19H,13H2,1-3H3. The molecule has 0 saturated carbocycles. The van der Waals surface area contributed by atoms with Crippen molar-refractivity contribution < 1.29 is 9.53 Å². The van der Waals surface area contributed by atoms with Crippen molar-refractivity contribution in [2.75, 3.05) is 23.9 Å². The Bertz CT molecular complexity index is 594. The fourth-order valence-corrected chi connectivity index (χ4v) is 2.29. The number of benzene rings is 2. The summed E-state index contributed by atoms with van der Waals surface area (Å²) in [6.45, 7) is 4.27. The lowest BCUT2D eigenvalue weighted by Crippen LogP contribution is -2.40. The molecule has 0 unspecified atom stereocenters. The van der Waals surface area contributed by atoms with Gasteiger partial charge in [-0.05, 0) is 50.2 Å². The number of hydrogen-bond donors (Lipinski definition) is 1. The third kappa shape index (κ3) is 4.01. The summed E-state index contributed by atoms with van der Waals surface area (Å²) in [7, 11) is 1.63. The number of anilines is 2. The van der Waals surface area contributed by atoms with Gasteiger partial charge in [-0.3, -0.25) is 4.79 Å². The van der Waals surface area contributed by atoms with E-state index in [1.54, 1.807) is 12.0 Å². The fourth-order valence-electron chi connectivity index (χ4n) is 2.29. The zero-order valence-electron chi connectivity index (χ0n) is 13.2. The van der Waals surface area contributed by atoms with E-state index in [1.165, 1.54) is 0 Å². The summed E-state index contributed by atoms with van der Waals surface area (Å²) < 4.78 is 5.16. The number of hydrogen-bond acceptors (Lipinski definition) is 3. The van der Waals surface area contributed by atoms with Crippen LogP contribution in [0.2, 0.25) is 0 Å². The number of rotatable bonds is 6. The van der Waals surface area contributed by atoms with Gasteiger partial charge in [-0.15, -0.1) is 0 Å². The normalized spacial score (nSPS) is 10.4. The highest BCUT2D eigenvalue weighted by atomic mass is 16.5. The second-order valence-corrected chi connectivity index (χ2v) is 5.28. The van der Waals surface area contributed by atoms with Gasteiger partial charge in [0.05, 0.1) is 13.7 Å². The maximum Gasteiger partial charge on any atom is 0.246 e. The summed E-state index contributed by atoms with van der Waals surface area (Å²) in [5, 5.41) is 3.16. The maximum absolute atomic E-state index is 12.5. The van der Waals surface area contributed by atoms with Crippen molar-refractivity contribution in [2.24, 2.45) is 0 Å². The second-order valence-electron chi connectivity index (χ2n) is 5.28. The molecular weight excluding hydrogens is 276 g/mol. The molecule has 0 radical (unpaired) electrons. The number of ether oxygens (including phenoxy) is 1. The van der Waals surface area contributed by atoms with Gasteiger partial charge in [-0.1, -0.05) is 18.2 Å². The van der Waals surface area contributed by atoms with Gasteiger partial charge < -0.3 is 15.0 Å². The zero-order chi connectivity index (χ0) is 15.9. The van der Waals surface area contributed by atoms with Gasteiger partial charge in [0.15, 0.2) is 0 Å². The monoisotopic (exact) mass is 298 g/mol. The van der Waals surface area contributed by atoms with Crippen LogP contribution < -0.4 is 15.0 Å². The first-order valence-corrected chi connectivity index (χ1v) is 7.37. The predicted molar refractivity (Wildman–Crippen MR) is 90.5 cm³/mol. The van der Waals surface area contributed by atoms with E-state index in [0.717, 1.165) is 17.1 Å². The molecule has 4 nitrogen and oxygen atoms in total. The van der Waals surface area contributed by atoms with Gasteiger partial charge >= 0.3 is 0 Å². The summed E-state index contributed by atoms with van der Waals surface area (Å²) in [4.78, 5) is 14.3. The van der Waals surface area contributed by atoms with Gasteiger partial charge in [-0.25, -0.2) is 0 Å². The SMILES string of the molecule is COc1ccc(N(C(=O)CNc2ccccc2)C(C)C)cc1. The summed E-state index contributed by atoms with van der Waals surface area (Å²) in [5.41, 5.74) is 1.81. The van der Waals surface area contributed by atoms with Crippen molar-refractivity contribution in [3.05, 3.63) is 54.6 Å². The Labute approximate surface area is 131 Å². The van der Waals surface area contributed by atoms with Crippen molar-refractivity contribution in [2.45, 2.75) is 19.9 Å². The third-order valence-corrected chi connectivity index (χ3v) is 3.35. The molecule has 4 heteroatoms. The molecule has 0 heterocycles. The van der Waals surface area contributed by atoms with Crippen molar-refractivity contribution in [1.29, 1.82) is 0 Å². The first-order valence-electron chi connectivity index (χ1n) is 7.37. The Hall–Kier alpha value is -2.49. The molecule has 2 aromatic carbocycles. The van der Waals surface area contributed by atoms with Crippen LogP contribution in [0.4, 0.5) is 11.4 Å². The number of nitrogens with one attached hydrogen (secondary N) is 1. The Kier molecular flexibility index (Phi) is 5.42. The van der Waals surface area contributed by atoms with E-state index in [1.807, 2.05) is 68.4 Å². The molecule has 0 fully saturated rings. The second kappa shape index (κ2) is 7.50. The van der Waals surface area contributed by atoms with E-state index in [2.05, 4.69) is 5.32 Å². The van der Waals surface area contributed by atoms with Crippen LogP contribution in [0.1, 0.15) is 13.8 Å². The summed E-state index contributed by atoms with van der Waals surface area (Å²) in [6.07, 6.45) is 0. The van der Waals surface area contributed by atoms with Crippen molar-refractivity contribution in [1.82, 2.24) is 0 Å². The Morgan fingerprint density at radius 3 is 2.27 bits per heavy atom. The number of carbonyl (C=O) groups excluding carboxylic acids is 1. The zero-order valence-corrected chi connectivity index (χ0v) is 13.2. The third-order valence-electron chi connectivity index (χ3n) is 3.35. The summed E-state index contributed by atoms with van der Waals surface area (Å²) in [6, 6.07) is 17.3. The Morgan fingerprint density at radius 1 is 1.09 bits per heavy atom. The molecular formula is C18H22N2O2. The van der Waals surface area contributed by atoms with Crippen molar-refractivity contribution in [3.63, 3.8) is 0 Å². The fraction of sp³-hybridized carbons (Fsp3) is 0.278. The topological polar surface area (TPSA) is 41.6 Å². The van der Waals surface area contributed by atoms with Crippen LogP contribution in [0.25, 0.3) is 0 Å². The first-order chi connectivity index (χ1) is 10.6. The Morgan fingerprint density at radius 2 is 1.73 bits per heavy atom. The van der Waals surface area contributed by atoms with Gasteiger partial charge in [0.25, 0.3) is 0 Å². The molecule has 0 atom stereocenters. The van der Waals surface area contributed by atoms with Gasteiger partial charge in [0, 0.05) is 17.4 Å². The lowest BCUT2D eigenvalue weighted by atomic mass is 10.2. The minimum Gasteiger partial charge on any atom is -0.497 e. The maximum atomic E-state index is 12.5. The average Bonchev–Trinajstić information content (AvgIpc) is 2.54. The van der Waals surface area contributed by atoms with E-state index < -0.39 is 0 Å². The largest absolute Gasteiger partial charge is 0.497 e. The molecule has 1 amide bonds. The Balaban J connectivity index is 2.08. The number of nitrogens with zero attached hydrogens (tertiary/aromatic N) is 1.